The lowest BCUT2D eigenvalue weighted by Gasteiger charge is -2.06. The van der Waals surface area contributed by atoms with Crippen LogP contribution in [-0.2, 0) is 0 Å². The summed E-state index contributed by atoms with van der Waals surface area (Å²) in [5, 5.41) is 5.11. The summed E-state index contributed by atoms with van der Waals surface area (Å²) < 4.78 is 27.6. The van der Waals surface area contributed by atoms with Crippen molar-refractivity contribution in [3.05, 3.63) is 48.3 Å². The van der Waals surface area contributed by atoms with Crippen LogP contribution in [0.5, 0.6) is 0 Å². The van der Waals surface area contributed by atoms with Gasteiger partial charge in [0.2, 0.25) is 0 Å². The first-order valence-corrected chi connectivity index (χ1v) is 9.18. The maximum atomic E-state index is 13.2. The largest absolute Gasteiger partial charge is 0.345 e. The first-order chi connectivity index (χ1) is 14.1. The van der Waals surface area contributed by atoms with Crippen LogP contribution in [-0.4, -0.2) is 42.8 Å². The Morgan fingerprint density at radius 1 is 1.21 bits per heavy atom. The number of fused-ring (bicyclic) bond motifs is 2. The van der Waals surface area contributed by atoms with E-state index in [0.29, 0.717) is 28.2 Å². The number of imidazole rings is 1. The number of aromatic amines is 1. The molecule has 0 spiro atoms. The summed E-state index contributed by atoms with van der Waals surface area (Å²) in [6, 6.07) is 3.39. The molecule has 0 aliphatic rings. The van der Waals surface area contributed by atoms with Gasteiger partial charge >= 0.3 is 0 Å². The van der Waals surface area contributed by atoms with Crippen molar-refractivity contribution in [3.8, 4) is 11.3 Å². The summed E-state index contributed by atoms with van der Waals surface area (Å²) in [5.41, 5.74) is 3.45. The van der Waals surface area contributed by atoms with E-state index >= 15 is 0 Å². The lowest BCUT2D eigenvalue weighted by atomic mass is 10.1. The van der Waals surface area contributed by atoms with Crippen molar-refractivity contribution in [1.82, 2.24) is 29.5 Å². The average Bonchev–Trinajstić information content (AvgIpc) is 3.37. The fourth-order valence-corrected chi connectivity index (χ4v) is 2.98. The van der Waals surface area contributed by atoms with Gasteiger partial charge in [0.25, 0.3) is 6.43 Å². The highest BCUT2D eigenvalue weighted by atomic mass is 19.3. The molecule has 0 atom stereocenters. The molecule has 0 aliphatic carbocycles. The van der Waals surface area contributed by atoms with E-state index in [0.717, 1.165) is 21.7 Å². The normalized spacial score (nSPS) is 12.2. The van der Waals surface area contributed by atoms with E-state index in [1.807, 2.05) is 26.8 Å². The van der Waals surface area contributed by atoms with Gasteiger partial charge in [0.15, 0.2) is 5.65 Å². The van der Waals surface area contributed by atoms with Crippen molar-refractivity contribution in [3.63, 3.8) is 0 Å². The smallest absolute Gasteiger partial charge is 0.282 e. The predicted octanol–water partition coefficient (Wildman–Crippen LogP) is 4.74. The molecule has 0 radical (unpaired) electrons. The highest BCUT2D eigenvalue weighted by Crippen LogP contribution is 2.31. The van der Waals surface area contributed by atoms with Crippen LogP contribution in [0.1, 0.15) is 38.6 Å². The molecule has 4 aromatic heterocycles. The molecule has 1 N–H and O–H groups in total. The van der Waals surface area contributed by atoms with Crippen molar-refractivity contribution < 1.29 is 8.78 Å². The van der Waals surface area contributed by atoms with E-state index in [2.05, 4.69) is 30.0 Å². The molecule has 7 nitrogen and oxygen atoms in total. The summed E-state index contributed by atoms with van der Waals surface area (Å²) in [7, 11) is 1.68. The van der Waals surface area contributed by atoms with E-state index in [1.165, 1.54) is 6.33 Å². The molecule has 150 valence electrons. The summed E-state index contributed by atoms with van der Waals surface area (Å²) in [4.78, 5) is 19.8. The van der Waals surface area contributed by atoms with Gasteiger partial charge in [-0.3, -0.25) is 4.99 Å². The molecule has 4 aromatic rings. The van der Waals surface area contributed by atoms with Gasteiger partial charge in [-0.2, -0.15) is 5.10 Å². The minimum Gasteiger partial charge on any atom is -0.345 e. The fraction of sp³-hybridized carbons (Fsp3) is 0.250. The number of H-pyrrole nitrogens is 1. The first kappa shape index (κ1) is 20.2. The second-order valence-corrected chi connectivity index (χ2v) is 5.75. The Kier molecular flexibility index (Phi) is 6.06. The SMILES string of the molecule is C/C=C(\C=NC)c1ncnc2[nH]cc(-c3ccc4ncc(C(F)F)n4n3)c12.CC. The van der Waals surface area contributed by atoms with Crippen molar-refractivity contribution in [1.29, 1.82) is 0 Å². The van der Waals surface area contributed by atoms with Crippen LogP contribution >= 0.6 is 0 Å². The zero-order valence-corrected chi connectivity index (χ0v) is 16.6. The molecule has 0 amide bonds. The first-order valence-electron chi connectivity index (χ1n) is 9.18. The van der Waals surface area contributed by atoms with Crippen molar-refractivity contribution >= 4 is 28.5 Å². The average molecular weight is 397 g/mol. The molecule has 0 bridgehead atoms. The van der Waals surface area contributed by atoms with Gasteiger partial charge in [0, 0.05) is 30.6 Å². The van der Waals surface area contributed by atoms with Crippen molar-refractivity contribution in [2.45, 2.75) is 27.2 Å². The molecule has 0 aliphatic heterocycles. The topological polar surface area (TPSA) is 84.1 Å². The van der Waals surface area contributed by atoms with E-state index in [9.17, 15) is 8.78 Å². The highest BCUT2D eigenvalue weighted by molar-refractivity contribution is 6.15. The van der Waals surface area contributed by atoms with Crippen LogP contribution in [0.25, 0.3) is 33.5 Å². The zero-order chi connectivity index (χ0) is 21.0. The Balaban J connectivity index is 0.00000117. The monoisotopic (exact) mass is 397 g/mol. The second kappa shape index (κ2) is 8.68. The zero-order valence-electron chi connectivity index (χ0n) is 16.6. The molecular weight excluding hydrogens is 376 g/mol. The second-order valence-electron chi connectivity index (χ2n) is 5.75. The molecule has 0 unspecified atom stereocenters. The standard InChI is InChI=1S/C18H15F2N7.C2H6/c1-3-10(6-21-2)16-15-11(7-23-18(15)25-9-24-16)12-4-5-14-22-8-13(17(19)20)27(14)26-12;1-2/h3-9,17H,1-2H3,(H,23,24,25);1-2H3/b10-3+,21-6?;. The molecule has 4 rings (SSSR count). The summed E-state index contributed by atoms with van der Waals surface area (Å²) in [6.45, 7) is 5.89. The van der Waals surface area contributed by atoms with Crippen LogP contribution in [0.3, 0.4) is 0 Å². The number of rotatable bonds is 4. The summed E-state index contributed by atoms with van der Waals surface area (Å²) in [5.74, 6) is 0. The van der Waals surface area contributed by atoms with Gasteiger partial charge < -0.3 is 4.98 Å². The third kappa shape index (κ3) is 3.63. The number of aliphatic imine (C=N–C) groups is 1. The van der Waals surface area contributed by atoms with E-state index in [1.54, 1.807) is 31.6 Å². The lowest BCUT2D eigenvalue weighted by Crippen LogP contribution is -2.00. The quantitative estimate of drug-likeness (QED) is 0.504. The Labute approximate surface area is 166 Å². The molecule has 0 saturated heterocycles. The van der Waals surface area contributed by atoms with Crippen LogP contribution in [0.2, 0.25) is 0 Å². The minimum absolute atomic E-state index is 0.254. The molecule has 0 fully saturated rings. The number of hydrogen-bond donors (Lipinski definition) is 1. The summed E-state index contributed by atoms with van der Waals surface area (Å²) in [6.07, 6.45) is 5.28. The third-order valence-electron chi connectivity index (χ3n) is 4.21. The molecular formula is C20H21F2N7. The van der Waals surface area contributed by atoms with Crippen LogP contribution in [0, 0.1) is 0 Å². The van der Waals surface area contributed by atoms with Gasteiger partial charge in [-0.05, 0) is 19.1 Å². The Bertz CT molecular complexity index is 1190. The third-order valence-corrected chi connectivity index (χ3v) is 4.21. The number of aromatic nitrogens is 6. The molecule has 4 heterocycles. The summed E-state index contributed by atoms with van der Waals surface area (Å²) >= 11 is 0. The van der Waals surface area contributed by atoms with E-state index in [4.69, 9.17) is 0 Å². The van der Waals surface area contributed by atoms with Crippen LogP contribution in [0.15, 0.2) is 41.9 Å². The maximum absolute atomic E-state index is 13.2. The number of nitrogens with one attached hydrogen (secondary N) is 1. The van der Waals surface area contributed by atoms with Gasteiger partial charge in [0.05, 0.1) is 23.0 Å². The lowest BCUT2D eigenvalue weighted by molar-refractivity contribution is 0.143. The number of hydrogen-bond acceptors (Lipinski definition) is 5. The van der Waals surface area contributed by atoms with Gasteiger partial charge in [-0.1, -0.05) is 19.9 Å². The van der Waals surface area contributed by atoms with Gasteiger partial charge in [-0.25, -0.2) is 28.2 Å². The van der Waals surface area contributed by atoms with Crippen molar-refractivity contribution in [2.75, 3.05) is 7.05 Å². The molecule has 0 aromatic carbocycles. The van der Waals surface area contributed by atoms with E-state index < -0.39 is 6.43 Å². The van der Waals surface area contributed by atoms with Gasteiger partial charge in [-0.15, -0.1) is 0 Å². The molecule has 0 saturated carbocycles. The molecule has 29 heavy (non-hydrogen) atoms. The Morgan fingerprint density at radius 2 is 2.00 bits per heavy atom. The minimum atomic E-state index is -2.67. The predicted molar refractivity (Wildman–Crippen MR) is 110 cm³/mol. The van der Waals surface area contributed by atoms with E-state index in [-0.39, 0.29) is 5.69 Å². The Morgan fingerprint density at radius 3 is 2.69 bits per heavy atom. The highest BCUT2D eigenvalue weighted by Gasteiger charge is 2.18. The number of halogens is 2. The molecule has 9 heteroatoms. The van der Waals surface area contributed by atoms with Crippen LogP contribution in [0.4, 0.5) is 8.78 Å². The Hall–Kier alpha value is -3.49. The van der Waals surface area contributed by atoms with Crippen LogP contribution < -0.4 is 0 Å². The fourth-order valence-electron chi connectivity index (χ4n) is 2.98. The van der Waals surface area contributed by atoms with Gasteiger partial charge in [0.1, 0.15) is 17.7 Å². The number of allylic oxidation sites excluding steroid dienone is 2. The number of nitrogens with zero attached hydrogens (tertiary/aromatic N) is 6. The maximum Gasteiger partial charge on any atom is 0.282 e. The van der Waals surface area contributed by atoms with Crippen molar-refractivity contribution in [2.24, 2.45) is 4.99 Å². The number of alkyl halides is 2.